The van der Waals surface area contributed by atoms with Gasteiger partial charge in [-0.25, -0.2) is 0 Å². The average molecular weight is 357 g/mol. The van der Waals surface area contributed by atoms with Crippen LogP contribution < -0.4 is 0 Å². The van der Waals surface area contributed by atoms with Gasteiger partial charge in [-0.1, -0.05) is 84.4 Å². The van der Waals surface area contributed by atoms with Crippen LogP contribution in [-0.2, 0) is 10.1 Å². The van der Waals surface area contributed by atoms with Crippen LogP contribution in [0.25, 0.3) is 0 Å². The van der Waals surface area contributed by atoms with Crippen molar-refractivity contribution in [3.8, 4) is 0 Å². The zero-order valence-electron chi connectivity index (χ0n) is 14.3. The first-order valence-electron chi connectivity index (χ1n) is 8.63. The van der Waals surface area contributed by atoms with E-state index in [1.54, 1.807) is 0 Å². The second kappa shape index (κ2) is 13.5. The molecule has 0 spiro atoms. The Labute approximate surface area is 140 Å². The molecule has 0 aromatic carbocycles. The largest absolute Gasteiger partial charge is 0.341 e. The van der Waals surface area contributed by atoms with Crippen LogP contribution in [0, 0.1) is 5.92 Å². The molecule has 2 N–H and O–H groups in total. The molecular weight excluding hydrogens is 319 g/mol. The predicted molar refractivity (Wildman–Crippen MR) is 104 cm³/mol. The van der Waals surface area contributed by atoms with Gasteiger partial charge >= 0.3 is 0 Å². The van der Waals surface area contributed by atoms with Crippen LogP contribution in [0.1, 0.15) is 85.0 Å². The van der Waals surface area contributed by atoms with Crippen LogP contribution in [0.15, 0.2) is 0 Å². The molecule has 0 aliphatic heterocycles. The fraction of sp³-hybridized carbons (Fsp3) is 1.00. The molecule has 0 radical (unpaired) electrons. The molecule has 0 aromatic heterocycles. The minimum absolute atomic E-state index is 0.277. The van der Waals surface area contributed by atoms with Gasteiger partial charge in [-0.05, 0) is 30.3 Å². The molecule has 0 bridgehead atoms. The summed E-state index contributed by atoms with van der Waals surface area (Å²) in [7, 11) is -0.277. The number of unbranched alkanes of at least 4 members (excludes halogenated alkanes) is 7. The Morgan fingerprint density at radius 2 is 1.33 bits per heavy atom. The van der Waals surface area contributed by atoms with E-state index in [-0.39, 0.29) is 10.1 Å². The average Bonchev–Trinajstić information content (AvgIpc) is 2.38. The molecule has 0 fully saturated rings. The molecule has 0 aliphatic carbocycles. The second-order valence-corrected chi connectivity index (χ2v) is 14.7. The topological polar surface area (TPSA) is 40.5 Å². The number of hydrogen-bond acceptors (Lipinski definition) is 0. The highest BCUT2D eigenvalue weighted by atomic mass is 32.9. The van der Waals surface area contributed by atoms with Gasteiger partial charge in [0.1, 0.15) is 0 Å². The third-order valence-corrected chi connectivity index (χ3v) is 11.2. The van der Waals surface area contributed by atoms with Crippen molar-refractivity contribution < 1.29 is 9.79 Å². The van der Waals surface area contributed by atoms with Crippen LogP contribution in [0.5, 0.6) is 0 Å². The third kappa shape index (κ3) is 14.4. The van der Waals surface area contributed by atoms with E-state index in [4.69, 9.17) is 0 Å². The summed E-state index contributed by atoms with van der Waals surface area (Å²) in [5.41, 5.74) is -2.93. The Balaban J connectivity index is 3.91. The predicted octanol–water partition coefficient (Wildman–Crippen LogP) is 5.77. The first-order chi connectivity index (χ1) is 9.88. The first kappa shape index (κ1) is 22.1. The Kier molecular flexibility index (Phi) is 14.2. The molecule has 5 heteroatoms. The van der Waals surface area contributed by atoms with Gasteiger partial charge < -0.3 is 9.79 Å². The maximum Gasteiger partial charge on any atom is 0.198 e. The van der Waals surface area contributed by atoms with E-state index in [0.717, 1.165) is 30.3 Å². The lowest BCUT2D eigenvalue weighted by molar-refractivity contribution is 0.501. The fourth-order valence-electron chi connectivity index (χ4n) is 2.39. The highest BCUT2D eigenvalue weighted by molar-refractivity contribution is 8.65. The Bertz CT molecular complexity index is 292. The Morgan fingerprint density at radius 1 is 0.857 bits per heavy atom. The van der Waals surface area contributed by atoms with E-state index >= 15 is 0 Å². The molecule has 0 amide bonds. The van der Waals surface area contributed by atoms with Gasteiger partial charge in [-0.15, -0.1) is 10.1 Å². The third-order valence-electron chi connectivity index (χ3n) is 3.74. The molecule has 130 valence electrons. The van der Waals surface area contributed by atoms with Crippen molar-refractivity contribution in [2.45, 2.75) is 85.0 Å². The van der Waals surface area contributed by atoms with E-state index in [2.05, 4.69) is 33.0 Å². The van der Waals surface area contributed by atoms with E-state index < -0.39 is 5.69 Å². The van der Waals surface area contributed by atoms with Crippen molar-refractivity contribution in [3.05, 3.63) is 0 Å². The minimum atomic E-state index is -2.93. The van der Waals surface area contributed by atoms with Gasteiger partial charge in [-0.3, -0.25) is 0 Å². The van der Waals surface area contributed by atoms with E-state index in [1.165, 1.54) is 51.4 Å². The summed E-state index contributed by atoms with van der Waals surface area (Å²) in [6.45, 7) is 6.75. The number of thiol groups is 1. The minimum Gasteiger partial charge on any atom is -0.341 e. The molecule has 0 saturated heterocycles. The highest BCUT2D eigenvalue weighted by Gasteiger charge is 2.10. The smallest absolute Gasteiger partial charge is 0.198 e. The second-order valence-electron chi connectivity index (χ2n) is 6.39. The van der Waals surface area contributed by atoms with E-state index in [0.29, 0.717) is 0 Å². The zero-order chi connectivity index (χ0) is 16.1. The molecule has 1 unspecified atom stereocenters. The summed E-state index contributed by atoms with van der Waals surface area (Å²) in [6, 6.07) is 0. The lowest BCUT2D eigenvalue weighted by Crippen LogP contribution is -2.04. The summed E-state index contributed by atoms with van der Waals surface area (Å²) in [6.07, 6.45) is 12.4. The van der Waals surface area contributed by atoms with Crippen molar-refractivity contribution in [2.75, 3.05) is 11.5 Å². The summed E-state index contributed by atoms with van der Waals surface area (Å²) in [5.74, 6) is 2.69. The molecule has 2 nitrogen and oxygen atoms in total. The standard InChI is InChI=1S/C16H37O2PS2/c1-4-5-6-7-8-11-14-21(19(17,18)20)15-12-9-10-13-16(2)3/h16-18,20H,4-15H2,1-3H3. The number of hydrogen-bond donors (Lipinski definition) is 3. The van der Waals surface area contributed by atoms with Crippen LogP contribution in [0.3, 0.4) is 0 Å². The van der Waals surface area contributed by atoms with Crippen LogP contribution >= 0.6 is 17.9 Å². The first-order valence-corrected chi connectivity index (χ1v) is 13.6. The monoisotopic (exact) mass is 356 g/mol. The van der Waals surface area contributed by atoms with Crippen molar-refractivity contribution in [2.24, 2.45) is 5.92 Å². The van der Waals surface area contributed by atoms with E-state index in [9.17, 15) is 9.79 Å². The Morgan fingerprint density at radius 3 is 1.81 bits per heavy atom. The van der Waals surface area contributed by atoms with Crippen LogP contribution in [0.2, 0.25) is 0 Å². The van der Waals surface area contributed by atoms with Gasteiger partial charge in [-0.2, -0.15) is 0 Å². The molecule has 0 rings (SSSR count). The summed E-state index contributed by atoms with van der Waals surface area (Å²) in [5, 5.41) is 0. The van der Waals surface area contributed by atoms with Crippen molar-refractivity contribution in [3.63, 3.8) is 0 Å². The fourth-order valence-corrected chi connectivity index (χ4v) is 7.88. The van der Waals surface area contributed by atoms with Gasteiger partial charge in [0.15, 0.2) is 5.69 Å². The van der Waals surface area contributed by atoms with Crippen molar-refractivity contribution in [1.29, 1.82) is 0 Å². The number of rotatable bonds is 13. The molecule has 0 aliphatic rings. The van der Waals surface area contributed by atoms with Gasteiger partial charge in [0.25, 0.3) is 0 Å². The van der Waals surface area contributed by atoms with Gasteiger partial charge in [0.05, 0.1) is 0 Å². The molecule has 0 saturated carbocycles. The summed E-state index contributed by atoms with van der Waals surface area (Å²) >= 11 is 4.10. The SMILES string of the molecule is CCCCCCCCS(CCCCCC(C)C)=P(O)(O)S. The Hall–Kier alpha value is 1.05. The maximum atomic E-state index is 9.91. The molecule has 21 heavy (non-hydrogen) atoms. The lowest BCUT2D eigenvalue weighted by atomic mass is 10.1. The summed E-state index contributed by atoms with van der Waals surface area (Å²) < 4.78 is 0. The van der Waals surface area contributed by atoms with Crippen molar-refractivity contribution >= 4 is 28.0 Å². The molecule has 1 atom stereocenters. The van der Waals surface area contributed by atoms with E-state index in [1.807, 2.05) is 0 Å². The van der Waals surface area contributed by atoms with Crippen LogP contribution in [0.4, 0.5) is 0 Å². The molecular formula is C16H37O2PS2. The van der Waals surface area contributed by atoms with Crippen LogP contribution in [-0.4, -0.2) is 21.3 Å². The molecule has 0 aromatic rings. The zero-order valence-corrected chi connectivity index (χ0v) is 16.9. The quantitative estimate of drug-likeness (QED) is 0.223. The normalized spacial score (nSPS) is 13.9. The molecule has 0 heterocycles. The van der Waals surface area contributed by atoms with Crippen molar-refractivity contribution in [1.82, 2.24) is 0 Å². The highest BCUT2D eigenvalue weighted by Crippen LogP contribution is 2.47. The summed E-state index contributed by atoms with van der Waals surface area (Å²) in [4.78, 5) is 19.8. The van der Waals surface area contributed by atoms with Gasteiger partial charge in [0.2, 0.25) is 0 Å². The van der Waals surface area contributed by atoms with Gasteiger partial charge in [0, 0.05) is 0 Å². The lowest BCUT2D eigenvalue weighted by Gasteiger charge is -2.16. The maximum absolute atomic E-state index is 9.91.